The lowest BCUT2D eigenvalue weighted by molar-refractivity contribution is -0.152. The second kappa shape index (κ2) is 4.93. The third-order valence-corrected chi connectivity index (χ3v) is 3.19. The van der Waals surface area contributed by atoms with Crippen LogP contribution in [-0.2, 0) is 27.7 Å². The molecule has 0 amide bonds. The Balaban J connectivity index is 2.07. The molecule has 1 aliphatic rings. The first kappa shape index (κ1) is 12.2. The van der Waals surface area contributed by atoms with Gasteiger partial charge in [-0.05, 0) is 0 Å². The van der Waals surface area contributed by atoms with E-state index < -0.39 is 5.60 Å². The Morgan fingerprint density at radius 2 is 2.29 bits per heavy atom. The lowest BCUT2D eigenvalue weighted by Gasteiger charge is -2.34. The number of Topliss-reactive ketones (excluding diaryl/α,β-unsaturated/α-hetero) is 1. The van der Waals surface area contributed by atoms with E-state index in [4.69, 9.17) is 9.47 Å². The van der Waals surface area contributed by atoms with Crippen molar-refractivity contribution in [3.8, 4) is 0 Å². The third kappa shape index (κ3) is 2.53. The zero-order valence-electron chi connectivity index (χ0n) is 10.2. The van der Waals surface area contributed by atoms with Gasteiger partial charge in [-0.1, -0.05) is 5.21 Å². The van der Waals surface area contributed by atoms with Crippen LogP contribution in [0, 0.1) is 0 Å². The minimum absolute atomic E-state index is 0.0591. The Kier molecular flexibility index (Phi) is 3.54. The SMILES string of the molecule is COC1(C(=O)Cc2cn(C)nn2)CCOCC1. The lowest BCUT2D eigenvalue weighted by Crippen LogP contribution is -2.46. The summed E-state index contributed by atoms with van der Waals surface area (Å²) < 4.78 is 12.3. The number of ether oxygens (including phenoxy) is 2. The number of aromatic nitrogens is 3. The molecule has 0 bridgehead atoms. The third-order valence-electron chi connectivity index (χ3n) is 3.19. The molecule has 1 saturated heterocycles. The highest BCUT2D eigenvalue weighted by molar-refractivity contribution is 5.89. The van der Waals surface area contributed by atoms with Crippen LogP contribution in [0.1, 0.15) is 18.5 Å². The fourth-order valence-corrected chi connectivity index (χ4v) is 2.10. The van der Waals surface area contributed by atoms with Gasteiger partial charge < -0.3 is 9.47 Å². The molecule has 0 spiro atoms. The van der Waals surface area contributed by atoms with Crippen LogP contribution in [0.2, 0.25) is 0 Å². The highest BCUT2D eigenvalue weighted by Crippen LogP contribution is 2.26. The molecule has 0 unspecified atom stereocenters. The number of aryl methyl sites for hydroxylation is 1. The van der Waals surface area contributed by atoms with Crippen molar-refractivity contribution < 1.29 is 14.3 Å². The summed E-state index contributed by atoms with van der Waals surface area (Å²) in [5, 5.41) is 7.73. The number of methoxy groups -OCH3 is 1. The van der Waals surface area contributed by atoms with Crippen molar-refractivity contribution in [2.75, 3.05) is 20.3 Å². The number of rotatable bonds is 4. The second-order valence-electron chi connectivity index (χ2n) is 4.29. The molecule has 0 atom stereocenters. The van der Waals surface area contributed by atoms with Gasteiger partial charge in [-0.3, -0.25) is 9.48 Å². The minimum atomic E-state index is -0.699. The molecule has 94 valence electrons. The van der Waals surface area contributed by atoms with Crippen LogP contribution in [0.5, 0.6) is 0 Å². The maximum Gasteiger partial charge on any atom is 0.170 e. The number of carbonyl (C=O) groups excluding carboxylic acids is 1. The van der Waals surface area contributed by atoms with Crippen LogP contribution >= 0.6 is 0 Å². The van der Waals surface area contributed by atoms with Crippen LogP contribution < -0.4 is 0 Å². The zero-order chi connectivity index (χ0) is 12.3. The highest BCUT2D eigenvalue weighted by Gasteiger charge is 2.39. The fourth-order valence-electron chi connectivity index (χ4n) is 2.10. The van der Waals surface area contributed by atoms with E-state index in [9.17, 15) is 4.79 Å². The Hall–Kier alpha value is -1.27. The lowest BCUT2D eigenvalue weighted by atomic mass is 9.87. The van der Waals surface area contributed by atoms with Gasteiger partial charge in [0.2, 0.25) is 0 Å². The van der Waals surface area contributed by atoms with Crippen LogP contribution in [0.4, 0.5) is 0 Å². The molecule has 1 aliphatic heterocycles. The van der Waals surface area contributed by atoms with E-state index in [-0.39, 0.29) is 12.2 Å². The van der Waals surface area contributed by atoms with E-state index in [1.807, 2.05) is 0 Å². The molecular weight excluding hydrogens is 222 g/mol. The number of nitrogens with zero attached hydrogens (tertiary/aromatic N) is 3. The standard InChI is InChI=1S/C11H17N3O3/c1-14-8-9(12-13-14)7-10(15)11(16-2)3-5-17-6-4-11/h8H,3-7H2,1-2H3. The Morgan fingerprint density at radius 1 is 1.59 bits per heavy atom. The van der Waals surface area contributed by atoms with Gasteiger partial charge in [0.1, 0.15) is 5.60 Å². The normalized spacial score (nSPS) is 19.2. The van der Waals surface area contributed by atoms with Crippen molar-refractivity contribution in [3.05, 3.63) is 11.9 Å². The summed E-state index contributed by atoms with van der Waals surface area (Å²) in [5.74, 6) is 0.0591. The van der Waals surface area contributed by atoms with E-state index in [0.29, 0.717) is 31.7 Å². The molecule has 0 N–H and O–H groups in total. The van der Waals surface area contributed by atoms with Gasteiger partial charge in [0, 0.05) is 46.4 Å². The summed E-state index contributed by atoms with van der Waals surface area (Å²) in [7, 11) is 3.36. The predicted octanol–water partition coefficient (Wildman–Crippen LogP) is 0.122. The molecule has 0 aromatic carbocycles. The van der Waals surface area contributed by atoms with E-state index >= 15 is 0 Å². The minimum Gasteiger partial charge on any atom is -0.381 e. The van der Waals surface area contributed by atoms with Crippen LogP contribution in [0.3, 0.4) is 0 Å². The summed E-state index contributed by atoms with van der Waals surface area (Å²) in [6.45, 7) is 1.14. The van der Waals surface area contributed by atoms with Crippen molar-refractivity contribution in [3.63, 3.8) is 0 Å². The molecular formula is C11H17N3O3. The van der Waals surface area contributed by atoms with Crippen molar-refractivity contribution >= 4 is 5.78 Å². The second-order valence-corrected chi connectivity index (χ2v) is 4.29. The molecule has 6 nitrogen and oxygen atoms in total. The topological polar surface area (TPSA) is 66.2 Å². The predicted molar refractivity (Wildman–Crippen MR) is 59.5 cm³/mol. The maximum atomic E-state index is 12.3. The largest absolute Gasteiger partial charge is 0.381 e. The van der Waals surface area contributed by atoms with Crippen molar-refractivity contribution in [1.29, 1.82) is 0 Å². The van der Waals surface area contributed by atoms with Gasteiger partial charge in [0.15, 0.2) is 5.78 Å². The van der Waals surface area contributed by atoms with E-state index in [2.05, 4.69) is 10.3 Å². The van der Waals surface area contributed by atoms with Crippen LogP contribution in [0.25, 0.3) is 0 Å². The number of carbonyl (C=O) groups is 1. The van der Waals surface area contributed by atoms with Crippen molar-refractivity contribution in [2.24, 2.45) is 7.05 Å². The average Bonchev–Trinajstić information content (AvgIpc) is 2.75. The van der Waals surface area contributed by atoms with Gasteiger partial charge >= 0.3 is 0 Å². The molecule has 17 heavy (non-hydrogen) atoms. The maximum absolute atomic E-state index is 12.3. The summed E-state index contributed by atoms with van der Waals surface area (Å²) >= 11 is 0. The Labute approximate surface area is 99.9 Å². The van der Waals surface area contributed by atoms with Crippen molar-refractivity contribution in [2.45, 2.75) is 24.9 Å². The molecule has 6 heteroatoms. The molecule has 2 rings (SSSR count). The first-order valence-corrected chi connectivity index (χ1v) is 5.68. The number of ketones is 1. The molecule has 0 aliphatic carbocycles. The van der Waals surface area contributed by atoms with Gasteiger partial charge in [-0.2, -0.15) is 0 Å². The molecule has 1 aromatic heterocycles. The molecule has 0 saturated carbocycles. The first-order chi connectivity index (χ1) is 8.16. The summed E-state index contributed by atoms with van der Waals surface area (Å²) in [6, 6.07) is 0. The van der Waals surface area contributed by atoms with E-state index in [1.165, 1.54) is 0 Å². The average molecular weight is 239 g/mol. The fraction of sp³-hybridized carbons (Fsp3) is 0.727. The molecule has 0 radical (unpaired) electrons. The van der Waals surface area contributed by atoms with Crippen molar-refractivity contribution in [1.82, 2.24) is 15.0 Å². The number of hydrogen-bond donors (Lipinski definition) is 0. The molecule has 1 fully saturated rings. The highest BCUT2D eigenvalue weighted by atomic mass is 16.5. The van der Waals surface area contributed by atoms with E-state index in [1.54, 1.807) is 25.0 Å². The summed E-state index contributed by atoms with van der Waals surface area (Å²) in [4.78, 5) is 12.3. The quantitative estimate of drug-likeness (QED) is 0.746. The zero-order valence-corrected chi connectivity index (χ0v) is 10.2. The Bertz CT molecular complexity index is 396. The first-order valence-electron chi connectivity index (χ1n) is 5.68. The van der Waals surface area contributed by atoms with Gasteiger partial charge in [-0.15, -0.1) is 5.10 Å². The number of hydrogen-bond acceptors (Lipinski definition) is 5. The van der Waals surface area contributed by atoms with Gasteiger partial charge in [0.25, 0.3) is 0 Å². The van der Waals surface area contributed by atoms with Crippen LogP contribution in [0.15, 0.2) is 6.20 Å². The monoisotopic (exact) mass is 239 g/mol. The van der Waals surface area contributed by atoms with Gasteiger partial charge in [0.05, 0.1) is 12.1 Å². The summed E-state index contributed by atoms with van der Waals surface area (Å²) in [5.41, 5.74) is -0.0177. The molecule has 1 aromatic rings. The summed E-state index contributed by atoms with van der Waals surface area (Å²) in [6.07, 6.45) is 3.24. The smallest absolute Gasteiger partial charge is 0.170 e. The van der Waals surface area contributed by atoms with Crippen LogP contribution in [-0.4, -0.2) is 46.7 Å². The molecule has 2 heterocycles. The van der Waals surface area contributed by atoms with E-state index in [0.717, 1.165) is 0 Å². The van der Waals surface area contributed by atoms with Gasteiger partial charge in [-0.25, -0.2) is 0 Å². The Morgan fingerprint density at radius 3 is 2.82 bits per heavy atom.